The normalized spacial score (nSPS) is 10.2. The number of carbonyl (C=O) groups is 1. The van der Waals surface area contributed by atoms with E-state index >= 15 is 0 Å². The Hall–Kier alpha value is -1.77. The fourth-order valence-electron chi connectivity index (χ4n) is 1.62. The molecule has 0 saturated carbocycles. The van der Waals surface area contributed by atoms with Crippen LogP contribution >= 0.6 is 0 Å². The molecule has 1 rings (SSSR count). The van der Waals surface area contributed by atoms with Crippen molar-refractivity contribution >= 4 is 5.91 Å². The van der Waals surface area contributed by atoms with Gasteiger partial charge in [0.05, 0.1) is 0 Å². The highest BCUT2D eigenvalue weighted by Crippen LogP contribution is 2.12. The molecule has 0 heterocycles. The Morgan fingerprint density at radius 3 is 2.44 bits per heavy atom. The maximum absolute atomic E-state index is 11.9. The molecule has 18 heavy (non-hydrogen) atoms. The van der Waals surface area contributed by atoms with Crippen molar-refractivity contribution in [3.8, 4) is 5.75 Å². The average Bonchev–Trinajstić information content (AvgIpc) is 2.42. The van der Waals surface area contributed by atoms with E-state index in [1.807, 2.05) is 0 Å². The van der Waals surface area contributed by atoms with E-state index in [4.69, 9.17) is 4.74 Å². The topological polar surface area (TPSA) is 38.3 Å². The van der Waals surface area contributed by atoms with Gasteiger partial charge in [0.1, 0.15) is 12.4 Å². The van der Waals surface area contributed by atoms with Crippen molar-refractivity contribution in [2.45, 2.75) is 32.7 Å². The predicted molar refractivity (Wildman–Crippen MR) is 74.0 cm³/mol. The van der Waals surface area contributed by atoms with E-state index in [1.54, 1.807) is 30.3 Å². The Bertz CT molecular complexity index is 380. The summed E-state index contributed by atoms with van der Waals surface area (Å²) in [6, 6.07) is 7.39. The molecule has 0 saturated heterocycles. The van der Waals surface area contributed by atoms with E-state index in [2.05, 4.69) is 25.7 Å². The maximum Gasteiger partial charge on any atom is 0.251 e. The Morgan fingerprint density at radius 1 is 1.33 bits per heavy atom. The lowest BCUT2D eigenvalue weighted by Gasteiger charge is -2.14. The van der Waals surface area contributed by atoms with Gasteiger partial charge in [-0.3, -0.25) is 4.79 Å². The SMILES string of the molecule is C=CCOc1ccc(C(=O)NC(CC)CC)cc1. The van der Waals surface area contributed by atoms with Crippen LogP contribution in [0.5, 0.6) is 5.75 Å². The summed E-state index contributed by atoms with van der Waals surface area (Å²) in [6.07, 6.45) is 3.58. The molecule has 0 bridgehead atoms. The van der Waals surface area contributed by atoms with E-state index < -0.39 is 0 Å². The van der Waals surface area contributed by atoms with E-state index in [0.717, 1.165) is 18.6 Å². The molecule has 1 aromatic carbocycles. The van der Waals surface area contributed by atoms with Crippen LogP contribution < -0.4 is 10.1 Å². The monoisotopic (exact) mass is 247 g/mol. The van der Waals surface area contributed by atoms with Gasteiger partial charge >= 0.3 is 0 Å². The minimum Gasteiger partial charge on any atom is -0.490 e. The highest BCUT2D eigenvalue weighted by atomic mass is 16.5. The summed E-state index contributed by atoms with van der Waals surface area (Å²) in [6.45, 7) is 8.20. The third-order valence-corrected chi connectivity index (χ3v) is 2.81. The van der Waals surface area contributed by atoms with Gasteiger partial charge < -0.3 is 10.1 Å². The molecule has 0 aliphatic rings. The third kappa shape index (κ3) is 4.24. The van der Waals surface area contributed by atoms with Gasteiger partial charge in [-0.25, -0.2) is 0 Å². The second kappa shape index (κ2) is 7.54. The average molecular weight is 247 g/mol. The molecule has 1 N–H and O–H groups in total. The number of benzene rings is 1. The molecular formula is C15H21NO2. The molecule has 0 radical (unpaired) electrons. The van der Waals surface area contributed by atoms with Crippen LogP contribution in [0.25, 0.3) is 0 Å². The van der Waals surface area contributed by atoms with Crippen molar-refractivity contribution in [1.82, 2.24) is 5.32 Å². The smallest absolute Gasteiger partial charge is 0.251 e. The maximum atomic E-state index is 11.9. The van der Waals surface area contributed by atoms with Crippen molar-refractivity contribution in [2.75, 3.05) is 6.61 Å². The van der Waals surface area contributed by atoms with Crippen LogP contribution in [0.4, 0.5) is 0 Å². The van der Waals surface area contributed by atoms with Crippen LogP contribution in [0, 0.1) is 0 Å². The van der Waals surface area contributed by atoms with E-state index in [1.165, 1.54) is 0 Å². The number of carbonyl (C=O) groups excluding carboxylic acids is 1. The molecule has 0 spiro atoms. The highest BCUT2D eigenvalue weighted by Gasteiger charge is 2.10. The Labute approximate surface area is 109 Å². The molecule has 0 unspecified atom stereocenters. The second-order valence-corrected chi connectivity index (χ2v) is 4.11. The highest BCUT2D eigenvalue weighted by molar-refractivity contribution is 5.94. The lowest BCUT2D eigenvalue weighted by Crippen LogP contribution is -2.33. The standard InChI is InChI=1S/C15H21NO2/c1-4-11-18-14-9-7-12(8-10-14)15(17)16-13(5-2)6-3/h4,7-10,13H,1,5-6,11H2,2-3H3,(H,16,17). The molecule has 0 fully saturated rings. The first kappa shape index (κ1) is 14.3. The first-order valence-electron chi connectivity index (χ1n) is 6.35. The summed E-state index contributed by atoms with van der Waals surface area (Å²) in [5.41, 5.74) is 0.660. The van der Waals surface area contributed by atoms with Crippen molar-refractivity contribution < 1.29 is 9.53 Å². The molecular weight excluding hydrogens is 226 g/mol. The number of hydrogen-bond acceptors (Lipinski definition) is 2. The van der Waals surface area contributed by atoms with E-state index in [9.17, 15) is 4.79 Å². The summed E-state index contributed by atoms with van der Waals surface area (Å²) >= 11 is 0. The number of amides is 1. The molecule has 3 nitrogen and oxygen atoms in total. The minimum absolute atomic E-state index is 0.0287. The zero-order valence-electron chi connectivity index (χ0n) is 11.1. The summed E-state index contributed by atoms with van der Waals surface area (Å²) in [7, 11) is 0. The van der Waals surface area contributed by atoms with Gasteiger partial charge in [0.25, 0.3) is 5.91 Å². The Morgan fingerprint density at radius 2 is 1.94 bits per heavy atom. The summed E-state index contributed by atoms with van der Waals surface area (Å²) in [4.78, 5) is 11.9. The zero-order chi connectivity index (χ0) is 13.4. The molecule has 3 heteroatoms. The lowest BCUT2D eigenvalue weighted by molar-refractivity contribution is 0.0935. The van der Waals surface area contributed by atoms with E-state index in [-0.39, 0.29) is 11.9 Å². The van der Waals surface area contributed by atoms with Crippen LogP contribution in [0.2, 0.25) is 0 Å². The van der Waals surface area contributed by atoms with Gasteiger partial charge in [0.2, 0.25) is 0 Å². The largest absolute Gasteiger partial charge is 0.490 e. The fourth-order valence-corrected chi connectivity index (χ4v) is 1.62. The van der Waals surface area contributed by atoms with Gasteiger partial charge in [-0.15, -0.1) is 0 Å². The lowest BCUT2D eigenvalue weighted by atomic mass is 10.1. The number of rotatable bonds is 7. The molecule has 0 aliphatic heterocycles. The zero-order valence-corrected chi connectivity index (χ0v) is 11.1. The van der Waals surface area contributed by atoms with Gasteiger partial charge in [0, 0.05) is 11.6 Å². The molecule has 1 aromatic rings. The first-order chi connectivity index (χ1) is 8.71. The summed E-state index contributed by atoms with van der Waals surface area (Å²) in [5, 5.41) is 3.00. The molecule has 98 valence electrons. The van der Waals surface area contributed by atoms with Gasteiger partial charge in [-0.1, -0.05) is 26.5 Å². The Balaban J connectivity index is 2.61. The van der Waals surface area contributed by atoms with Crippen LogP contribution in [0.3, 0.4) is 0 Å². The third-order valence-electron chi connectivity index (χ3n) is 2.81. The van der Waals surface area contributed by atoms with Crippen molar-refractivity contribution in [3.63, 3.8) is 0 Å². The first-order valence-corrected chi connectivity index (χ1v) is 6.35. The number of hydrogen-bond donors (Lipinski definition) is 1. The molecule has 0 aliphatic carbocycles. The minimum atomic E-state index is -0.0287. The van der Waals surface area contributed by atoms with Crippen LogP contribution in [-0.2, 0) is 0 Å². The second-order valence-electron chi connectivity index (χ2n) is 4.11. The van der Waals surface area contributed by atoms with Crippen molar-refractivity contribution in [1.29, 1.82) is 0 Å². The van der Waals surface area contributed by atoms with Gasteiger partial charge in [-0.2, -0.15) is 0 Å². The van der Waals surface area contributed by atoms with Crippen LogP contribution in [-0.4, -0.2) is 18.6 Å². The summed E-state index contributed by atoms with van der Waals surface area (Å²) in [5.74, 6) is 0.716. The quantitative estimate of drug-likeness (QED) is 0.752. The van der Waals surface area contributed by atoms with Crippen molar-refractivity contribution in [2.24, 2.45) is 0 Å². The molecule has 0 atom stereocenters. The van der Waals surface area contributed by atoms with Crippen LogP contribution in [0.15, 0.2) is 36.9 Å². The molecule has 0 aromatic heterocycles. The molecule has 1 amide bonds. The van der Waals surface area contributed by atoms with Crippen LogP contribution in [0.1, 0.15) is 37.0 Å². The summed E-state index contributed by atoms with van der Waals surface area (Å²) < 4.78 is 5.36. The predicted octanol–water partition coefficient (Wildman–Crippen LogP) is 3.17. The number of nitrogens with one attached hydrogen (secondary N) is 1. The van der Waals surface area contributed by atoms with Gasteiger partial charge in [-0.05, 0) is 37.1 Å². The number of ether oxygens (including phenoxy) is 1. The van der Waals surface area contributed by atoms with E-state index in [0.29, 0.717) is 12.2 Å². The fraction of sp³-hybridized carbons (Fsp3) is 0.400. The van der Waals surface area contributed by atoms with Crippen molar-refractivity contribution in [3.05, 3.63) is 42.5 Å². The Kier molecular flexibility index (Phi) is 5.98. The van der Waals surface area contributed by atoms with Gasteiger partial charge in [0.15, 0.2) is 0 Å².